The molecule has 508 valence electrons. The van der Waals surface area contributed by atoms with Crippen molar-refractivity contribution in [3.63, 3.8) is 0 Å². The number of phosphoric ester groups is 1. The molecule has 3 N–H and O–H groups in total. The van der Waals surface area contributed by atoms with Crippen molar-refractivity contribution in [1.29, 1.82) is 0 Å². The van der Waals surface area contributed by atoms with E-state index >= 15 is 0 Å². The van der Waals surface area contributed by atoms with Crippen molar-refractivity contribution in [2.24, 2.45) is 5.73 Å². The number of nitrogens with two attached hydrogens (primary N) is 1. The summed E-state index contributed by atoms with van der Waals surface area (Å²) >= 11 is 0. The molecular formula is C75H150NO8P. The van der Waals surface area contributed by atoms with Crippen LogP contribution in [0.25, 0.3) is 0 Å². The highest BCUT2D eigenvalue weighted by Gasteiger charge is 2.26. The van der Waals surface area contributed by atoms with Gasteiger partial charge in [-0.3, -0.25) is 18.6 Å². The van der Waals surface area contributed by atoms with Gasteiger partial charge in [-0.2, -0.15) is 0 Å². The number of rotatable bonds is 75. The fourth-order valence-electron chi connectivity index (χ4n) is 12.3. The van der Waals surface area contributed by atoms with Crippen molar-refractivity contribution in [2.45, 2.75) is 444 Å². The van der Waals surface area contributed by atoms with Gasteiger partial charge in [0, 0.05) is 19.4 Å². The zero-order valence-corrected chi connectivity index (χ0v) is 58.3. The normalized spacial score (nSPS) is 12.8. The molecule has 0 aromatic heterocycles. The van der Waals surface area contributed by atoms with E-state index in [9.17, 15) is 19.0 Å². The molecule has 0 aromatic carbocycles. The Labute approximate surface area is 530 Å². The van der Waals surface area contributed by atoms with E-state index in [4.69, 9.17) is 24.3 Å². The maximum absolute atomic E-state index is 12.8. The van der Waals surface area contributed by atoms with Crippen molar-refractivity contribution in [1.82, 2.24) is 0 Å². The molecule has 0 aliphatic rings. The van der Waals surface area contributed by atoms with Crippen LogP contribution in [-0.4, -0.2) is 49.3 Å². The van der Waals surface area contributed by atoms with Crippen LogP contribution in [0.15, 0.2) is 0 Å². The van der Waals surface area contributed by atoms with Crippen molar-refractivity contribution in [3.05, 3.63) is 0 Å². The molecule has 2 unspecified atom stereocenters. The molecule has 0 spiro atoms. The topological polar surface area (TPSA) is 134 Å². The number of carbonyl (C=O) groups excluding carboxylic acids is 2. The average Bonchev–Trinajstić information content (AvgIpc) is 3.52. The van der Waals surface area contributed by atoms with Gasteiger partial charge < -0.3 is 20.1 Å². The molecular weight excluding hydrogens is 1070 g/mol. The van der Waals surface area contributed by atoms with Gasteiger partial charge in [-0.15, -0.1) is 0 Å². The van der Waals surface area contributed by atoms with E-state index in [1.165, 1.54) is 372 Å². The van der Waals surface area contributed by atoms with E-state index in [2.05, 4.69) is 13.8 Å². The first kappa shape index (κ1) is 84.0. The molecule has 0 amide bonds. The highest BCUT2D eigenvalue weighted by Crippen LogP contribution is 2.43. The number of carbonyl (C=O) groups is 2. The Balaban J connectivity index is 3.72. The Morgan fingerprint density at radius 1 is 0.306 bits per heavy atom. The number of phosphoric acid groups is 1. The third kappa shape index (κ3) is 72.0. The fourth-order valence-corrected chi connectivity index (χ4v) is 13.1. The summed E-state index contributed by atoms with van der Waals surface area (Å²) in [6, 6.07) is 0. The van der Waals surface area contributed by atoms with Gasteiger partial charge in [0.1, 0.15) is 6.61 Å². The molecule has 0 radical (unpaired) electrons. The van der Waals surface area contributed by atoms with Crippen molar-refractivity contribution in [2.75, 3.05) is 26.4 Å². The summed E-state index contributed by atoms with van der Waals surface area (Å²) in [6.45, 7) is 3.85. The van der Waals surface area contributed by atoms with E-state index < -0.39 is 26.5 Å². The fraction of sp³-hybridized carbons (Fsp3) is 0.973. The molecule has 0 aromatic rings. The van der Waals surface area contributed by atoms with Gasteiger partial charge in [-0.25, -0.2) is 4.57 Å². The first-order chi connectivity index (χ1) is 41.8. The highest BCUT2D eigenvalue weighted by molar-refractivity contribution is 7.47. The molecule has 85 heavy (non-hydrogen) atoms. The Kier molecular flexibility index (Phi) is 71.2. The third-order valence-corrected chi connectivity index (χ3v) is 19.0. The molecule has 0 bridgehead atoms. The summed E-state index contributed by atoms with van der Waals surface area (Å²) in [4.78, 5) is 35.4. The largest absolute Gasteiger partial charge is 0.472 e. The summed E-state index contributed by atoms with van der Waals surface area (Å²) in [7, 11) is -4.39. The van der Waals surface area contributed by atoms with E-state index in [1.807, 2.05) is 0 Å². The lowest BCUT2D eigenvalue weighted by Gasteiger charge is -2.19. The van der Waals surface area contributed by atoms with Gasteiger partial charge in [0.05, 0.1) is 13.2 Å². The Bertz CT molecular complexity index is 1350. The number of ether oxygens (including phenoxy) is 2. The molecule has 2 atom stereocenters. The van der Waals surface area contributed by atoms with Crippen molar-refractivity contribution < 1.29 is 37.6 Å². The summed E-state index contributed by atoms with van der Waals surface area (Å²) < 4.78 is 33.2. The highest BCUT2D eigenvalue weighted by atomic mass is 31.2. The molecule has 0 heterocycles. The second kappa shape index (κ2) is 72.1. The van der Waals surface area contributed by atoms with Gasteiger partial charge >= 0.3 is 19.8 Å². The van der Waals surface area contributed by atoms with Crippen LogP contribution < -0.4 is 5.73 Å². The molecule has 0 fully saturated rings. The molecule has 0 rings (SSSR count). The predicted octanol–water partition coefficient (Wildman–Crippen LogP) is 25.3. The van der Waals surface area contributed by atoms with Crippen LogP contribution in [0.4, 0.5) is 0 Å². The minimum atomic E-state index is -4.39. The van der Waals surface area contributed by atoms with Crippen LogP contribution in [0.1, 0.15) is 438 Å². The quantitative estimate of drug-likeness (QED) is 0.0347. The molecule has 0 saturated carbocycles. The SMILES string of the molecule is CCCCCCCCCCCCCCCCCCCCCCCCCCCCCCCCCCCCCCCCC(=O)OC(COC(=O)CCCCCCCCCCCCCCCCCCCCCCCCCCCC)COP(=O)(O)OCCN. The minimum absolute atomic E-state index is 0.0589. The Morgan fingerprint density at radius 3 is 0.718 bits per heavy atom. The van der Waals surface area contributed by atoms with Gasteiger partial charge in [-0.05, 0) is 12.8 Å². The van der Waals surface area contributed by atoms with E-state index in [0.29, 0.717) is 12.8 Å². The summed E-state index contributed by atoms with van der Waals surface area (Å²) in [6.07, 6.45) is 86.7. The molecule has 0 aliphatic carbocycles. The second-order valence-corrected chi connectivity index (χ2v) is 28.1. The number of hydrogen-bond donors (Lipinski definition) is 2. The van der Waals surface area contributed by atoms with Crippen LogP contribution in [0.5, 0.6) is 0 Å². The lowest BCUT2D eigenvalue weighted by Crippen LogP contribution is -2.29. The maximum Gasteiger partial charge on any atom is 0.472 e. The standard InChI is InChI=1S/C75H150NO8P/c1-3-5-7-9-11-13-15-17-19-21-23-25-27-29-31-32-33-34-35-36-37-38-39-40-41-42-44-46-48-50-52-54-56-58-60-62-64-66-68-75(78)84-73(72-83-85(79,80)82-70-69-76)71-81-74(77)67-65-63-61-59-57-55-53-51-49-47-45-43-30-28-26-24-22-20-18-16-14-12-10-8-6-4-2/h73H,3-72,76H2,1-2H3,(H,79,80). The zero-order chi connectivity index (χ0) is 61.6. The van der Waals surface area contributed by atoms with E-state index in [0.717, 1.165) is 32.1 Å². The van der Waals surface area contributed by atoms with Gasteiger partial charge in [0.15, 0.2) is 6.10 Å². The lowest BCUT2D eigenvalue weighted by atomic mass is 10.0. The smallest absolute Gasteiger partial charge is 0.462 e. The number of unbranched alkanes of at least 4 members (excludes halogenated alkanes) is 62. The van der Waals surface area contributed by atoms with Crippen LogP contribution >= 0.6 is 7.82 Å². The first-order valence-electron chi connectivity index (χ1n) is 38.5. The molecule has 0 saturated heterocycles. The number of hydrogen-bond acceptors (Lipinski definition) is 8. The lowest BCUT2D eigenvalue weighted by molar-refractivity contribution is -0.161. The average molecular weight is 1220 g/mol. The van der Waals surface area contributed by atoms with Gasteiger partial charge in [-0.1, -0.05) is 412 Å². The van der Waals surface area contributed by atoms with Gasteiger partial charge in [0.2, 0.25) is 0 Å². The van der Waals surface area contributed by atoms with Gasteiger partial charge in [0.25, 0.3) is 0 Å². The first-order valence-corrected chi connectivity index (χ1v) is 40.0. The summed E-state index contributed by atoms with van der Waals surface area (Å²) in [5, 5.41) is 0. The van der Waals surface area contributed by atoms with Crippen LogP contribution in [0.2, 0.25) is 0 Å². The van der Waals surface area contributed by atoms with Crippen LogP contribution in [0.3, 0.4) is 0 Å². The Hall–Kier alpha value is -0.990. The second-order valence-electron chi connectivity index (χ2n) is 26.6. The molecule has 10 heteroatoms. The predicted molar refractivity (Wildman–Crippen MR) is 368 cm³/mol. The summed E-state index contributed by atoms with van der Waals surface area (Å²) in [5.74, 6) is -0.795. The summed E-state index contributed by atoms with van der Waals surface area (Å²) in [5.41, 5.74) is 5.41. The maximum atomic E-state index is 12.8. The third-order valence-electron chi connectivity index (χ3n) is 18.0. The number of esters is 2. The monoisotopic (exact) mass is 1220 g/mol. The Morgan fingerprint density at radius 2 is 0.506 bits per heavy atom. The molecule has 9 nitrogen and oxygen atoms in total. The van der Waals surface area contributed by atoms with E-state index in [-0.39, 0.29) is 32.1 Å². The van der Waals surface area contributed by atoms with Crippen LogP contribution in [-0.2, 0) is 32.7 Å². The minimum Gasteiger partial charge on any atom is -0.462 e. The van der Waals surface area contributed by atoms with Crippen molar-refractivity contribution in [3.8, 4) is 0 Å². The molecule has 0 aliphatic heterocycles. The van der Waals surface area contributed by atoms with E-state index in [1.54, 1.807) is 0 Å². The van der Waals surface area contributed by atoms with Crippen molar-refractivity contribution >= 4 is 19.8 Å². The van der Waals surface area contributed by atoms with Crippen LogP contribution in [0, 0.1) is 0 Å². The zero-order valence-electron chi connectivity index (χ0n) is 57.4.